The first-order valence-corrected chi connectivity index (χ1v) is 10.5. The summed E-state index contributed by atoms with van der Waals surface area (Å²) in [5, 5.41) is 46.9. The first-order chi connectivity index (χ1) is 15.5. The van der Waals surface area contributed by atoms with Crippen molar-refractivity contribution >= 4 is 23.2 Å². The third-order valence-electron chi connectivity index (χ3n) is 6.88. The summed E-state index contributed by atoms with van der Waals surface area (Å²) in [6.45, 7) is 0.212. The molecule has 1 aromatic rings. The molecule has 0 aromatic carbocycles. The van der Waals surface area contributed by atoms with Crippen LogP contribution in [-0.4, -0.2) is 80.6 Å². The molecule has 1 amide bonds. The number of Topliss-reactive ketones (excluding diaryl/α,β-unsaturated/α-hetero) is 2. The number of aliphatic hydroxyl groups is 3. The number of amides is 1. The average molecular weight is 458 g/mol. The standard InChI is InChI=1S/C22H26N4O7/c1-24-7-11-16(27)12-9(6-25-11)4-8-5-10-15(26(2)3)18(29)14(21(23)32)20(31)22(10,33)19(30)13(8)17(12)28/h6,8,10,15,24,27-28,31,33H,4-5,7H2,1-3H3,(H2,23,32)/t8-,10-,15-,22-/m0/s1. The fourth-order valence-electron chi connectivity index (χ4n) is 5.45. The Labute approximate surface area is 189 Å². The molecule has 11 heteroatoms. The van der Waals surface area contributed by atoms with Gasteiger partial charge in [-0.25, -0.2) is 0 Å². The Bertz CT molecular complexity index is 1160. The lowest BCUT2D eigenvalue weighted by molar-refractivity contribution is -0.153. The normalized spacial score (nSPS) is 29.2. The van der Waals surface area contributed by atoms with E-state index in [1.54, 1.807) is 21.1 Å². The van der Waals surface area contributed by atoms with Crippen LogP contribution in [0.4, 0.5) is 0 Å². The largest absolute Gasteiger partial charge is 0.508 e. The molecule has 0 spiro atoms. The highest BCUT2D eigenvalue weighted by molar-refractivity contribution is 6.24. The van der Waals surface area contributed by atoms with Gasteiger partial charge in [-0.15, -0.1) is 0 Å². The van der Waals surface area contributed by atoms with Crippen molar-refractivity contribution < 1.29 is 34.8 Å². The van der Waals surface area contributed by atoms with Crippen LogP contribution in [-0.2, 0) is 27.3 Å². The molecule has 0 unspecified atom stereocenters. The summed E-state index contributed by atoms with van der Waals surface area (Å²) in [7, 11) is 4.77. The Morgan fingerprint density at radius 3 is 2.55 bits per heavy atom. The lowest BCUT2D eigenvalue weighted by Gasteiger charge is -2.50. The summed E-state index contributed by atoms with van der Waals surface area (Å²) in [6.07, 6.45) is 1.78. The Kier molecular flexibility index (Phi) is 5.31. The van der Waals surface area contributed by atoms with Crippen molar-refractivity contribution in [2.75, 3.05) is 21.1 Å². The molecule has 0 aliphatic heterocycles. The van der Waals surface area contributed by atoms with Crippen LogP contribution >= 0.6 is 0 Å². The maximum atomic E-state index is 13.7. The second kappa shape index (κ2) is 7.65. The summed E-state index contributed by atoms with van der Waals surface area (Å²) in [4.78, 5) is 44.3. The Hall–Kier alpha value is -3.28. The van der Waals surface area contributed by atoms with Gasteiger partial charge >= 0.3 is 0 Å². The van der Waals surface area contributed by atoms with Gasteiger partial charge in [0.15, 0.2) is 11.4 Å². The van der Waals surface area contributed by atoms with Crippen molar-refractivity contribution in [3.05, 3.63) is 39.9 Å². The number of carbonyl (C=O) groups is 3. The zero-order chi connectivity index (χ0) is 24.4. The lowest BCUT2D eigenvalue weighted by Crippen LogP contribution is -2.65. The number of nitrogens with one attached hydrogen (secondary N) is 1. The minimum Gasteiger partial charge on any atom is -0.508 e. The second-order valence-electron chi connectivity index (χ2n) is 8.95. The average Bonchev–Trinajstić information content (AvgIpc) is 2.72. The topological polar surface area (TPSA) is 186 Å². The summed E-state index contributed by atoms with van der Waals surface area (Å²) in [5.41, 5.74) is 2.45. The fourth-order valence-corrected chi connectivity index (χ4v) is 5.45. The van der Waals surface area contributed by atoms with Gasteiger partial charge in [-0.05, 0) is 45.5 Å². The SMILES string of the molecule is CNCc1ncc2c(c1O)C(O)=C1C(=O)[C@]3(O)C(O)=C(C(N)=O)C(=O)[C@@H](N(C)C)[C@@H]3C[C@@H]1C2. The van der Waals surface area contributed by atoms with Crippen LogP contribution in [0.25, 0.3) is 5.76 Å². The summed E-state index contributed by atoms with van der Waals surface area (Å²) in [5.74, 6) is -6.71. The highest BCUT2D eigenvalue weighted by Crippen LogP contribution is 2.52. The van der Waals surface area contributed by atoms with Gasteiger partial charge in [0.25, 0.3) is 5.91 Å². The van der Waals surface area contributed by atoms with E-state index in [1.807, 2.05) is 0 Å². The number of ketones is 2. The summed E-state index contributed by atoms with van der Waals surface area (Å²) < 4.78 is 0. The number of carbonyl (C=O) groups excluding carboxylic acids is 3. The molecule has 3 aliphatic carbocycles. The number of likely N-dealkylation sites (N-methyl/N-ethyl adjacent to an activating group) is 1. The fraction of sp³-hybridized carbons (Fsp3) is 0.455. The molecule has 33 heavy (non-hydrogen) atoms. The predicted molar refractivity (Wildman–Crippen MR) is 115 cm³/mol. The van der Waals surface area contributed by atoms with Crippen molar-refractivity contribution in [1.29, 1.82) is 0 Å². The number of aromatic hydroxyl groups is 1. The number of aliphatic hydroxyl groups excluding tert-OH is 2. The molecule has 0 saturated heterocycles. The predicted octanol–water partition coefficient (Wildman–Crippen LogP) is -0.922. The van der Waals surface area contributed by atoms with Gasteiger partial charge in [-0.1, -0.05) is 0 Å². The maximum Gasteiger partial charge on any atom is 0.255 e. The van der Waals surface area contributed by atoms with E-state index in [9.17, 15) is 34.8 Å². The Morgan fingerprint density at radius 1 is 1.30 bits per heavy atom. The third-order valence-corrected chi connectivity index (χ3v) is 6.88. The first-order valence-electron chi connectivity index (χ1n) is 10.5. The van der Waals surface area contributed by atoms with Crippen LogP contribution in [0.5, 0.6) is 5.75 Å². The van der Waals surface area contributed by atoms with Crippen LogP contribution in [0.3, 0.4) is 0 Å². The van der Waals surface area contributed by atoms with Gasteiger partial charge in [0.2, 0.25) is 5.78 Å². The van der Waals surface area contributed by atoms with Gasteiger partial charge in [0.05, 0.1) is 17.3 Å². The van der Waals surface area contributed by atoms with Gasteiger partial charge in [-0.2, -0.15) is 0 Å². The molecule has 1 fully saturated rings. The number of pyridine rings is 1. The van der Waals surface area contributed by atoms with Crippen LogP contribution in [0, 0.1) is 11.8 Å². The van der Waals surface area contributed by atoms with Crippen LogP contribution in [0.2, 0.25) is 0 Å². The molecule has 176 valence electrons. The Morgan fingerprint density at radius 2 is 1.97 bits per heavy atom. The summed E-state index contributed by atoms with van der Waals surface area (Å²) in [6, 6.07) is -1.10. The zero-order valence-electron chi connectivity index (χ0n) is 18.4. The second-order valence-corrected chi connectivity index (χ2v) is 8.95. The van der Waals surface area contributed by atoms with Gasteiger partial charge in [0.1, 0.15) is 22.8 Å². The monoisotopic (exact) mass is 458 g/mol. The zero-order valence-corrected chi connectivity index (χ0v) is 18.4. The third kappa shape index (κ3) is 3.00. The molecule has 1 saturated carbocycles. The van der Waals surface area contributed by atoms with Gasteiger partial charge in [-0.3, -0.25) is 24.3 Å². The minimum absolute atomic E-state index is 0.0338. The number of hydrogen-bond donors (Lipinski definition) is 6. The molecule has 7 N–H and O–H groups in total. The van der Waals surface area contributed by atoms with Crippen molar-refractivity contribution in [3.63, 3.8) is 0 Å². The lowest BCUT2D eigenvalue weighted by atomic mass is 9.57. The van der Waals surface area contributed by atoms with E-state index in [4.69, 9.17) is 5.73 Å². The number of nitrogens with zero attached hydrogens (tertiary/aromatic N) is 2. The van der Waals surface area contributed by atoms with E-state index in [2.05, 4.69) is 10.3 Å². The number of nitrogens with two attached hydrogens (primary N) is 1. The highest BCUT2D eigenvalue weighted by Gasteiger charge is 2.64. The molecule has 1 aromatic heterocycles. The van der Waals surface area contributed by atoms with Gasteiger partial charge in [0, 0.05) is 24.2 Å². The molecule has 0 bridgehead atoms. The van der Waals surface area contributed by atoms with Crippen LogP contribution in [0.15, 0.2) is 23.1 Å². The van der Waals surface area contributed by atoms with Gasteiger partial charge < -0.3 is 31.5 Å². The highest BCUT2D eigenvalue weighted by atomic mass is 16.3. The summed E-state index contributed by atoms with van der Waals surface area (Å²) >= 11 is 0. The molecule has 3 aliphatic rings. The number of rotatable bonds is 4. The van der Waals surface area contributed by atoms with E-state index in [0.29, 0.717) is 5.56 Å². The Balaban J connectivity index is 1.95. The van der Waals surface area contributed by atoms with Crippen LogP contribution in [0.1, 0.15) is 23.2 Å². The smallest absolute Gasteiger partial charge is 0.255 e. The molecule has 11 nitrogen and oxygen atoms in total. The number of fused-ring (bicyclic) bond motifs is 3. The van der Waals surface area contributed by atoms with E-state index in [0.717, 1.165) is 0 Å². The number of hydrogen-bond acceptors (Lipinski definition) is 10. The number of aromatic nitrogens is 1. The van der Waals surface area contributed by atoms with E-state index in [-0.39, 0.29) is 42.0 Å². The van der Waals surface area contributed by atoms with Crippen molar-refractivity contribution in [1.82, 2.24) is 15.2 Å². The maximum absolute atomic E-state index is 13.7. The number of primary amides is 1. The molecule has 0 radical (unpaired) electrons. The van der Waals surface area contributed by atoms with Crippen LogP contribution < -0.4 is 11.1 Å². The molecule has 4 rings (SSSR count). The van der Waals surface area contributed by atoms with E-state index >= 15 is 0 Å². The molecular formula is C22H26N4O7. The van der Waals surface area contributed by atoms with E-state index in [1.165, 1.54) is 11.1 Å². The van der Waals surface area contributed by atoms with Crippen molar-refractivity contribution in [3.8, 4) is 5.75 Å². The minimum atomic E-state index is -2.64. The first kappa shape index (κ1) is 22.9. The molecule has 1 heterocycles. The molecular weight excluding hydrogens is 432 g/mol. The quantitative estimate of drug-likeness (QED) is 0.308. The van der Waals surface area contributed by atoms with E-state index < -0.39 is 58.0 Å². The van der Waals surface area contributed by atoms with Crippen molar-refractivity contribution in [2.24, 2.45) is 17.6 Å². The molecule has 4 atom stereocenters. The van der Waals surface area contributed by atoms with Crippen molar-refractivity contribution in [2.45, 2.75) is 31.0 Å².